The molecule has 128 valence electrons. The average Bonchev–Trinajstić information content (AvgIpc) is 2.51. The molecule has 1 aromatic carbocycles. The maximum Gasteiger partial charge on any atom is 0.349 e. The van der Waals surface area contributed by atoms with Crippen molar-refractivity contribution in [2.75, 3.05) is 0 Å². The summed E-state index contributed by atoms with van der Waals surface area (Å²) in [6.07, 6.45) is 2.01. The molecule has 6 heteroatoms. The van der Waals surface area contributed by atoms with E-state index in [1.807, 2.05) is 6.92 Å². The molecule has 0 spiro atoms. The molecule has 0 saturated heterocycles. The molecule has 0 bridgehead atoms. The van der Waals surface area contributed by atoms with E-state index in [0.29, 0.717) is 17.6 Å². The second kappa shape index (κ2) is 7.77. The Labute approximate surface area is 139 Å². The van der Waals surface area contributed by atoms with Crippen molar-refractivity contribution in [1.29, 1.82) is 0 Å². The number of carbonyl (C=O) groups is 2. The van der Waals surface area contributed by atoms with E-state index in [1.54, 1.807) is 26.0 Å². The van der Waals surface area contributed by atoms with E-state index in [1.165, 1.54) is 12.1 Å². The number of fused-ring (bicyclic) bond motifs is 1. The summed E-state index contributed by atoms with van der Waals surface area (Å²) in [7, 11) is 0. The summed E-state index contributed by atoms with van der Waals surface area (Å²) in [5.74, 6) is -0.492. The minimum absolute atomic E-state index is 0.0520. The van der Waals surface area contributed by atoms with E-state index < -0.39 is 11.5 Å². The molecular formula is C18H21NO5. The summed E-state index contributed by atoms with van der Waals surface area (Å²) in [5.41, 5.74) is -0.513. The quantitative estimate of drug-likeness (QED) is 0.499. The van der Waals surface area contributed by atoms with Crippen LogP contribution >= 0.6 is 0 Å². The van der Waals surface area contributed by atoms with Crippen LogP contribution in [0.4, 0.5) is 0 Å². The zero-order valence-corrected chi connectivity index (χ0v) is 14.0. The fourth-order valence-corrected chi connectivity index (χ4v) is 2.16. The van der Waals surface area contributed by atoms with Gasteiger partial charge in [0.1, 0.15) is 16.9 Å². The zero-order valence-electron chi connectivity index (χ0n) is 14.0. The molecule has 1 N–H and O–H groups in total. The minimum atomic E-state index is -0.727. The molecule has 24 heavy (non-hydrogen) atoms. The maximum absolute atomic E-state index is 12.0. The molecule has 2 aromatic rings. The van der Waals surface area contributed by atoms with Crippen molar-refractivity contribution in [3.8, 4) is 5.75 Å². The predicted molar refractivity (Wildman–Crippen MR) is 90.2 cm³/mol. The second-order valence-electron chi connectivity index (χ2n) is 5.85. The Morgan fingerprint density at radius 3 is 2.67 bits per heavy atom. The number of amides is 1. The summed E-state index contributed by atoms with van der Waals surface area (Å²) < 4.78 is 10.4. The van der Waals surface area contributed by atoms with E-state index >= 15 is 0 Å². The number of nitrogens with one attached hydrogen (secondary N) is 1. The van der Waals surface area contributed by atoms with Gasteiger partial charge in [-0.1, -0.05) is 13.3 Å². The Bertz CT molecular complexity index is 807. The fraction of sp³-hybridized carbons (Fsp3) is 0.389. The first-order valence-corrected chi connectivity index (χ1v) is 8.00. The summed E-state index contributed by atoms with van der Waals surface area (Å²) in [4.78, 5) is 35.6. The van der Waals surface area contributed by atoms with Gasteiger partial charge in [0.25, 0.3) is 5.91 Å². The van der Waals surface area contributed by atoms with Gasteiger partial charge >= 0.3 is 11.6 Å². The second-order valence-corrected chi connectivity index (χ2v) is 5.85. The summed E-state index contributed by atoms with van der Waals surface area (Å²) in [6.45, 7) is 5.60. The number of hydrogen-bond acceptors (Lipinski definition) is 5. The highest BCUT2D eigenvalue weighted by molar-refractivity contribution is 5.96. The number of ether oxygens (including phenoxy) is 1. The van der Waals surface area contributed by atoms with Gasteiger partial charge in [-0.15, -0.1) is 0 Å². The van der Waals surface area contributed by atoms with Crippen LogP contribution in [0.25, 0.3) is 11.0 Å². The lowest BCUT2D eigenvalue weighted by Gasteiger charge is -2.08. The Morgan fingerprint density at radius 2 is 2.00 bits per heavy atom. The molecule has 0 saturated carbocycles. The molecule has 6 nitrogen and oxygen atoms in total. The lowest BCUT2D eigenvalue weighted by molar-refractivity contribution is -0.134. The number of benzene rings is 1. The smallest absolute Gasteiger partial charge is 0.349 e. The summed E-state index contributed by atoms with van der Waals surface area (Å²) >= 11 is 0. The zero-order chi connectivity index (χ0) is 17.7. The van der Waals surface area contributed by atoms with Crippen molar-refractivity contribution in [1.82, 2.24) is 5.32 Å². The van der Waals surface area contributed by atoms with Crippen molar-refractivity contribution in [2.24, 2.45) is 0 Å². The van der Waals surface area contributed by atoms with Gasteiger partial charge in [0, 0.05) is 23.9 Å². The van der Waals surface area contributed by atoms with Crippen molar-refractivity contribution in [3.63, 3.8) is 0 Å². The largest absolute Gasteiger partial charge is 0.426 e. The fourth-order valence-electron chi connectivity index (χ4n) is 2.16. The lowest BCUT2D eigenvalue weighted by Crippen LogP contribution is -2.33. The number of rotatable bonds is 6. The summed E-state index contributed by atoms with van der Waals surface area (Å²) in [5, 5.41) is 3.23. The highest BCUT2D eigenvalue weighted by Crippen LogP contribution is 2.21. The molecule has 0 aliphatic heterocycles. The standard InChI is InChI=1S/C18H21NO5/c1-4-5-6-16(20)23-13-8-7-12-9-14(17(21)19-11(2)3)18(22)24-15(12)10-13/h7-11H,4-6H2,1-3H3,(H,19,21). The molecule has 0 aliphatic carbocycles. The highest BCUT2D eigenvalue weighted by Gasteiger charge is 2.15. The molecule has 2 rings (SSSR count). The first-order valence-electron chi connectivity index (χ1n) is 8.00. The third-order valence-electron chi connectivity index (χ3n) is 3.34. The van der Waals surface area contributed by atoms with Crippen molar-refractivity contribution in [2.45, 2.75) is 46.1 Å². The first-order chi connectivity index (χ1) is 11.4. The van der Waals surface area contributed by atoms with Gasteiger partial charge < -0.3 is 14.5 Å². The van der Waals surface area contributed by atoms with Crippen LogP contribution in [0.1, 0.15) is 50.4 Å². The highest BCUT2D eigenvalue weighted by atomic mass is 16.5. The monoisotopic (exact) mass is 331 g/mol. The van der Waals surface area contributed by atoms with Crippen LogP contribution in [0.3, 0.4) is 0 Å². The van der Waals surface area contributed by atoms with Crippen LogP contribution < -0.4 is 15.7 Å². The number of esters is 1. The summed E-state index contributed by atoms with van der Waals surface area (Å²) in [6, 6.07) is 6.12. The lowest BCUT2D eigenvalue weighted by atomic mass is 10.1. The third kappa shape index (κ3) is 4.44. The van der Waals surface area contributed by atoms with Gasteiger partial charge in [0.2, 0.25) is 0 Å². The third-order valence-corrected chi connectivity index (χ3v) is 3.34. The number of unbranched alkanes of at least 4 members (excludes halogenated alkanes) is 1. The van der Waals surface area contributed by atoms with E-state index in [-0.39, 0.29) is 23.2 Å². The minimum Gasteiger partial charge on any atom is -0.426 e. The molecular weight excluding hydrogens is 310 g/mol. The van der Waals surface area contributed by atoms with Gasteiger partial charge in [-0.25, -0.2) is 4.79 Å². The predicted octanol–water partition coefficient (Wildman–Crippen LogP) is 3.03. The van der Waals surface area contributed by atoms with Crippen LogP contribution in [-0.2, 0) is 4.79 Å². The van der Waals surface area contributed by atoms with E-state index in [0.717, 1.165) is 12.8 Å². The molecule has 1 aromatic heterocycles. The van der Waals surface area contributed by atoms with Gasteiger partial charge in [-0.3, -0.25) is 9.59 Å². The topological polar surface area (TPSA) is 85.6 Å². The number of hydrogen-bond donors (Lipinski definition) is 1. The van der Waals surface area contributed by atoms with Gasteiger partial charge in [0.15, 0.2) is 0 Å². The molecule has 1 amide bonds. The van der Waals surface area contributed by atoms with Crippen molar-refractivity contribution >= 4 is 22.8 Å². The van der Waals surface area contributed by atoms with Crippen molar-refractivity contribution in [3.05, 3.63) is 40.2 Å². The van der Waals surface area contributed by atoms with Crippen molar-refractivity contribution < 1.29 is 18.7 Å². The van der Waals surface area contributed by atoms with Crippen LogP contribution in [0, 0.1) is 0 Å². The number of carbonyl (C=O) groups excluding carboxylic acids is 2. The van der Waals surface area contributed by atoms with E-state index in [2.05, 4.69) is 5.32 Å². The van der Waals surface area contributed by atoms with Crippen LogP contribution in [0.15, 0.2) is 33.5 Å². The molecule has 0 atom stereocenters. The van der Waals surface area contributed by atoms with Gasteiger partial charge in [-0.05, 0) is 38.5 Å². The normalized spacial score (nSPS) is 10.8. The molecule has 0 radical (unpaired) electrons. The van der Waals surface area contributed by atoms with E-state index in [4.69, 9.17) is 9.15 Å². The SMILES string of the molecule is CCCCC(=O)Oc1ccc2cc(C(=O)NC(C)C)c(=O)oc2c1. The Hall–Kier alpha value is -2.63. The Morgan fingerprint density at radius 1 is 1.25 bits per heavy atom. The van der Waals surface area contributed by atoms with Crippen LogP contribution in [0.5, 0.6) is 5.75 Å². The molecule has 0 unspecified atom stereocenters. The maximum atomic E-state index is 12.0. The Balaban J connectivity index is 2.27. The first kappa shape index (κ1) is 17.7. The van der Waals surface area contributed by atoms with Crippen LogP contribution in [-0.4, -0.2) is 17.9 Å². The molecule has 1 heterocycles. The van der Waals surface area contributed by atoms with E-state index in [9.17, 15) is 14.4 Å². The van der Waals surface area contributed by atoms with Gasteiger partial charge in [0.05, 0.1) is 0 Å². The van der Waals surface area contributed by atoms with Crippen LogP contribution in [0.2, 0.25) is 0 Å². The van der Waals surface area contributed by atoms with Gasteiger partial charge in [-0.2, -0.15) is 0 Å². The Kier molecular flexibility index (Phi) is 5.73. The molecule has 0 fully saturated rings. The average molecular weight is 331 g/mol. The molecule has 0 aliphatic rings.